The number of nitrogens with zero attached hydrogens (tertiary/aromatic N) is 1. The van der Waals surface area contributed by atoms with E-state index in [1.165, 1.54) is 26.1 Å². The van der Waals surface area contributed by atoms with E-state index in [0.29, 0.717) is 0 Å². The molecule has 2 heteroatoms. The van der Waals surface area contributed by atoms with Crippen molar-refractivity contribution < 1.29 is 4.74 Å². The molecule has 0 bridgehead atoms. The summed E-state index contributed by atoms with van der Waals surface area (Å²) in [6.07, 6.45) is 2.51. The standard InChI is InChI=1S/C12H17NO/c1-2-6-12(7-3-1)14-11-5-10-13-8-4-9-13/h1-3,6-7H,4-5,8-11H2. The van der Waals surface area contributed by atoms with Crippen LogP contribution in [0.15, 0.2) is 30.3 Å². The number of likely N-dealkylation sites (tertiary alicyclic amines) is 1. The minimum Gasteiger partial charge on any atom is -0.494 e. The molecule has 1 heterocycles. The summed E-state index contributed by atoms with van der Waals surface area (Å²) in [5, 5.41) is 0. The van der Waals surface area contributed by atoms with Crippen LogP contribution < -0.4 is 4.74 Å². The third kappa shape index (κ3) is 2.74. The minimum absolute atomic E-state index is 0.834. The van der Waals surface area contributed by atoms with E-state index in [4.69, 9.17) is 4.74 Å². The van der Waals surface area contributed by atoms with Crippen molar-refractivity contribution in [2.24, 2.45) is 0 Å². The fourth-order valence-corrected chi connectivity index (χ4v) is 1.60. The highest BCUT2D eigenvalue weighted by atomic mass is 16.5. The molecule has 1 saturated heterocycles. The Kier molecular flexibility index (Phi) is 3.41. The lowest BCUT2D eigenvalue weighted by molar-refractivity contribution is 0.165. The predicted molar refractivity (Wildman–Crippen MR) is 57.6 cm³/mol. The number of ether oxygens (including phenoxy) is 1. The van der Waals surface area contributed by atoms with Crippen molar-refractivity contribution in [3.63, 3.8) is 0 Å². The first-order chi connectivity index (χ1) is 6.95. The number of hydrogen-bond acceptors (Lipinski definition) is 2. The van der Waals surface area contributed by atoms with E-state index in [9.17, 15) is 0 Å². The predicted octanol–water partition coefficient (Wildman–Crippen LogP) is 2.16. The van der Waals surface area contributed by atoms with Gasteiger partial charge in [-0.15, -0.1) is 0 Å². The van der Waals surface area contributed by atoms with Gasteiger partial charge in [0.1, 0.15) is 5.75 Å². The van der Waals surface area contributed by atoms with Crippen LogP contribution >= 0.6 is 0 Å². The van der Waals surface area contributed by atoms with Gasteiger partial charge in [-0.3, -0.25) is 0 Å². The Labute approximate surface area is 85.5 Å². The van der Waals surface area contributed by atoms with E-state index in [1.807, 2.05) is 30.3 Å². The third-order valence-electron chi connectivity index (χ3n) is 2.58. The van der Waals surface area contributed by atoms with Crippen molar-refractivity contribution >= 4 is 0 Å². The molecule has 0 atom stereocenters. The van der Waals surface area contributed by atoms with Gasteiger partial charge in [-0.2, -0.15) is 0 Å². The Bertz CT molecular complexity index is 256. The van der Waals surface area contributed by atoms with Crippen molar-refractivity contribution in [1.29, 1.82) is 0 Å². The summed E-state index contributed by atoms with van der Waals surface area (Å²) >= 11 is 0. The zero-order valence-electron chi connectivity index (χ0n) is 8.48. The molecule has 0 radical (unpaired) electrons. The van der Waals surface area contributed by atoms with Gasteiger partial charge in [0.15, 0.2) is 0 Å². The summed E-state index contributed by atoms with van der Waals surface area (Å²) in [5.74, 6) is 0.983. The normalized spacial score (nSPS) is 16.3. The topological polar surface area (TPSA) is 12.5 Å². The maximum atomic E-state index is 5.60. The summed E-state index contributed by atoms with van der Waals surface area (Å²) in [6.45, 7) is 4.59. The van der Waals surface area contributed by atoms with Crippen molar-refractivity contribution in [2.75, 3.05) is 26.2 Å². The van der Waals surface area contributed by atoms with Gasteiger partial charge in [-0.05, 0) is 38.1 Å². The molecule has 1 aliphatic heterocycles. The molecule has 0 spiro atoms. The van der Waals surface area contributed by atoms with Crippen LogP contribution in [0.5, 0.6) is 5.75 Å². The summed E-state index contributed by atoms with van der Waals surface area (Å²) < 4.78 is 5.60. The summed E-state index contributed by atoms with van der Waals surface area (Å²) in [6, 6.07) is 10.0. The molecule has 2 rings (SSSR count). The molecule has 1 aliphatic rings. The molecule has 0 N–H and O–H groups in total. The van der Waals surface area contributed by atoms with Gasteiger partial charge >= 0.3 is 0 Å². The molecule has 76 valence electrons. The second-order valence-corrected chi connectivity index (χ2v) is 3.71. The van der Waals surface area contributed by atoms with Crippen LogP contribution in [-0.4, -0.2) is 31.1 Å². The zero-order valence-corrected chi connectivity index (χ0v) is 8.48. The molecular weight excluding hydrogens is 174 g/mol. The maximum absolute atomic E-state index is 5.60. The van der Waals surface area contributed by atoms with Crippen LogP contribution in [0.1, 0.15) is 12.8 Å². The summed E-state index contributed by atoms with van der Waals surface area (Å²) in [4.78, 5) is 2.47. The van der Waals surface area contributed by atoms with Gasteiger partial charge in [0, 0.05) is 6.54 Å². The molecule has 0 amide bonds. The van der Waals surface area contributed by atoms with E-state index < -0.39 is 0 Å². The average Bonchev–Trinajstić information content (AvgIpc) is 2.16. The molecule has 0 saturated carbocycles. The van der Waals surface area contributed by atoms with Crippen molar-refractivity contribution in [2.45, 2.75) is 12.8 Å². The van der Waals surface area contributed by atoms with E-state index in [2.05, 4.69) is 4.90 Å². The Balaban J connectivity index is 1.58. The van der Waals surface area contributed by atoms with Crippen LogP contribution in [0.4, 0.5) is 0 Å². The number of benzene rings is 1. The highest BCUT2D eigenvalue weighted by Gasteiger charge is 2.11. The highest BCUT2D eigenvalue weighted by molar-refractivity contribution is 5.20. The summed E-state index contributed by atoms with van der Waals surface area (Å²) in [5.41, 5.74) is 0. The monoisotopic (exact) mass is 191 g/mol. The van der Waals surface area contributed by atoms with Gasteiger partial charge in [0.25, 0.3) is 0 Å². The van der Waals surface area contributed by atoms with Gasteiger partial charge < -0.3 is 9.64 Å². The molecule has 1 aromatic rings. The van der Waals surface area contributed by atoms with Crippen LogP contribution in [0, 0.1) is 0 Å². The van der Waals surface area contributed by atoms with E-state index in [0.717, 1.165) is 18.8 Å². The van der Waals surface area contributed by atoms with Crippen LogP contribution in [0.2, 0.25) is 0 Å². The molecule has 0 aromatic heterocycles. The second kappa shape index (κ2) is 5.01. The molecular formula is C12H17NO. The Hall–Kier alpha value is -1.02. The number of para-hydroxylation sites is 1. The molecule has 2 nitrogen and oxygen atoms in total. The first-order valence-electron chi connectivity index (χ1n) is 5.35. The van der Waals surface area contributed by atoms with E-state index in [1.54, 1.807) is 0 Å². The Morgan fingerprint density at radius 3 is 2.57 bits per heavy atom. The highest BCUT2D eigenvalue weighted by Crippen LogP contribution is 2.09. The lowest BCUT2D eigenvalue weighted by Crippen LogP contribution is -2.38. The van der Waals surface area contributed by atoms with Gasteiger partial charge in [0.2, 0.25) is 0 Å². The average molecular weight is 191 g/mol. The smallest absolute Gasteiger partial charge is 0.119 e. The molecule has 14 heavy (non-hydrogen) atoms. The lowest BCUT2D eigenvalue weighted by atomic mass is 10.2. The van der Waals surface area contributed by atoms with Crippen molar-refractivity contribution in [1.82, 2.24) is 4.90 Å². The minimum atomic E-state index is 0.834. The molecule has 0 unspecified atom stereocenters. The first-order valence-corrected chi connectivity index (χ1v) is 5.35. The number of rotatable bonds is 5. The third-order valence-corrected chi connectivity index (χ3v) is 2.58. The molecule has 1 fully saturated rings. The maximum Gasteiger partial charge on any atom is 0.119 e. The fourth-order valence-electron chi connectivity index (χ4n) is 1.60. The lowest BCUT2D eigenvalue weighted by Gasteiger charge is -2.30. The van der Waals surface area contributed by atoms with Gasteiger partial charge in [0.05, 0.1) is 6.61 Å². The van der Waals surface area contributed by atoms with Crippen molar-refractivity contribution in [3.8, 4) is 5.75 Å². The second-order valence-electron chi connectivity index (χ2n) is 3.71. The van der Waals surface area contributed by atoms with Crippen LogP contribution in [-0.2, 0) is 0 Å². The Morgan fingerprint density at radius 1 is 1.14 bits per heavy atom. The Morgan fingerprint density at radius 2 is 1.93 bits per heavy atom. The van der Waals surface area contributed by atoms with E-state index >= 15 is 0 Å². The molecule has 0 aliphatic carbocycles. The summed E-state index contributed by atoms with van der Waals surface area (Å²) in [7, 11) is 0. The number of hydrogen-bond donors (Lipinski definition) is 0. The molecule has 1 aromatic carbocycles. The van der Waals surface area contributed by atoms with Gasteiger partial charge in [-0.25, -0.2) is 0 Å². The van der Waals surface area contributed by atoms with Gasteiger partial charge in [-0.1, -0.05) is 18.2 Å². The zero-order chi connectivity index (χ0) is 9.64. The SMILES string of the molecule is c1ccc(OCCCN2CCC2)cc1. The van der Waals surface area contributed by atoms with Crippen LogP contribution in [0.25, 0.3) is 0 Å². The first kappa shape index (κ1) is 9.53. The van der Waals surface area contributed by atoms with E-state index in [-0.39, 0.29) is 0 Å². The van der Waals surface area contributed by atoms with Crippen molar-refractivity contribution in [3.05, 3.63) is 30.3 Å². The fraction of sp³-hybridized carbons (Fsp3) is 0.500. The quantitative estimate of drug-likeness (QED) is 0.661. The largest absolute Gasteiger partial charge is 0.494 e. The van der Waals surface area contributed by atoms with Crippen LogP contribution in [0.3, 0.4) is 0 Å².